The maximum absolute atomic E-state index is 12.6. The van der Waals surface area contributed by atoms with Crippen LogP contribution in [-0.4, -0.2) is 51.9 Å². The highest BCUT2D eigenvalue weighted by atomic mass is 28.4. The zero-order valence-electron chi connectivity index (χ0n) is 18.4. The smallest absolute Gasteiger partial charge is 0.413 e. The molecule has 1 saturated heterocycles. The van der Waals surface area contributed by atoms with Gasteiger partial charge in [0.15, 0.2) is 8.32 Å². The first-order valence-electron chi connectivity index (χ1n) is 10.3. The Morgan fingerprint density at radius 3 is 2.52 bits per heavy atom. The third-order valence-electron chi connectivity index (χ3n) is 5.88. The van der Waals surface area contributed by atoms with E-state index < -0.39 is 14.7 Å². The van der Waals surface area contributed by atoms with Crippen molar-refractivity contribution in [3.05, 3.63) is 29.8 Å². The predicted molar refractivity (Wildman–Crippen MR) is 113 cm³/mol. The zero-order valence-corrected chi connectivity index (χ0v) is 19.4. The van der Waals surface area contributed by atoms with Crippen LogP contribution in [-0.2, 0) is 4.43 Å². The minimum absolute atomic E-state index is 0.0663. The van der Waals surface area contributed by atoms with Crippen LogP contribution < -0.4 is 10.1 Å². The predicted octanol–water partition coefficient (Wildman–Crippen LogP) is 5.33. The number of ether oxygens (including phenoxy) is 1. The number of nitrogens with one attached hydrogen (secondary N) is 1. The Kier molecular flexibility index (Phi) is 7.81. The van der Waals surface area contributed by atoms with E-state index in [1.165, 1.54) is 12.1 Å². The van der Waals surface area contributed by atoms with Gasteiger partial charge in [-0.1, -0.05) is 39.8 Å². The van der Waals surface area contributed by atoms with Crippen molar-refractivity contribution in [2.24, 2.45) is 0 Å². The van der Waals surface area contributed by atoms with Crippen molar-refractivity contribution in [2.75, 3.05) is 26.2 Å². The maximum atomic E-state index is 12.6. The van der Waals surface area contributed by atoms with E-state index in [9.17, 15) is 13.2 Å². The van der Waals surface area contributed by atoms with Gasteiger partial charge in [0.25, 0.3) is 0 Å². The van der Waals surface area contributed by atoms with Gasteiger partial charge in [0, 0.05) is 25.7 Å². The average Bonchev–Trinajstić information content (AvgIpc) is 2.98. The van der Waals surface area contributed by atoms with E-state index in [1.807, 2.05) is 13.0 Å². The number of benzene rings is 1. The minimum Gasteiger partial charge on any atom is -0.413 e. The van der Waals surface area contributed by atoms with E-state index in [1.54, 1.807) is 6.07 Å². The molecular formula is C21H35F3N2O2Si. The molecule has 2 atom stereocenters. The van der Waals surface area contributed by atoms with Crippen LogP contribution in [0.4, 0.5) is 13.2 Å². The van der Waals surface area contributed by atoms with Crippen molar-refractivity contribution >= 4 is 8.32 Å². The molecule has 2 rings (SSSR count). The van der Waals surface area contributed by atoms with E-state index in [4.69, 9.17) is 4.43 Å². The second-order valence-corrected chi connectivity index (χ2v) is 14.0. The minimum atomic E-state index is -4.68. The van der Waals surface area contributed by atoms with Gasteiger partial charge in [-0.05, 0) is 48.8 Å². The quantitative estimate of drug-likeness (QED) is 0.563. The summed E-state index contributed by atoms with van der Waals surface area (Å²) >= 11 is 0. The molecular weight excluding hydrogens is 397 g/mol. The van der Waals surface area contributed by atoms with Crippen molar-refractivity contribution in [1.29, 1.82) is 0 Å². The molecule has 8 heteroatoms. The van der Waals surface area contributed by atoms with Crippen LogP contribution in [0.25, 0.3) is 0 Å². The maximum Gasteiger partial charge on any atom is 0.573 e. The van der Waals surface area contributed by atoms with Gasteiger partial charge in [-0.25, -0.2) is 0 Å². The lowest BCUT2D eigenvalue weighted by molar-refractivity contribution is -0.274. The fourth-order valence-electron chi connectivity index (χ4n) is 3.37. The molecule has 1 aliphatic rings. The van der Waals surface area contributed by atoms with Crippen LogP contribution >= 0.6 is 0 Å². The van der Waals surface area contributed by atoms with Gasteiger partial charge in [0.2, 0.25) is 0 Å². The molecule has 0 aliphatic carbocycles. The lowest BCUT2D eigenvalue weighted by Crippen LogP contribution is -2.44. The molecule has 1 heterocycles. The van der Waals surface area contributed by atoms with E-state index in [2.05, 4.69) is 48.8 Å². The Labute approximate surface area is 173 Å². The summed E-state index contributed by atoms with van der Waals surface area (Å²) in [7, 11) is -1.81. The number of halogens is 3. The molecule has 1 aromatic carbocycles. The standard InChI is InChI=1S/C21H35F3N2O2Si/c1-7-25-19(16-9-8-10-17(13-16)27-21(22,23)24)15-26-12-11-18(14-26)28-29(5,6)20(2,3)4/h8-10,13,18-19,25H,7,11-12,14-15H2,1-6H3/t18?,19-/m1/s1. The summed E-state index contributed by atoms with van der Waals surface area (Å²) in [6, 6.07) is 6.19. The molecule has 0 aromatic heterocycles. The van der Waals surface area contributed by atoms with E-state index in [0.29, 0.717) is 0 Å². The number of hydrogen-bond donors (Lipinski definition) is 1. The van der Waals surface area contributed by atoms with Crippen LogP contribution in [0.3, 0.4) is 0 Å². The van der Waals surface area contributed by atoms with Crippen LogP contribution in [0.5, 0.6) is 5.75 Å². The third kappa shape index (κ3) is 7.27. The second-order valence-electron chi connectivity index (χ2n) is 9.28. The van der Waals surface area contributed by atoms with Crippen LogP contribution in [0.2, 0.25) is 18.1 Å². The summed E-state index contributed by atoms with van der Waals surface area (Å²) in [5, 5.41) is 3.56. The number of likely N-dealkylation sites (tertiary alicyclic amines) is 1. The van der Waals surface area contributed by atoms with Crippen molar-refractivity contribution in [3.63, 3.8) is 0 Å². The highest BCUT2D eigenvalue weighted by Gasteiger charge is 2.40. The Hall–Kier alpha value is -1.09. The topological polar surface area (TPSA) is 33.7 Å². The Balaban J connectivity index is 2.02. The molecule has 1 aliphatic heterocycles. The van der Waals surface area contributed by atoms with Gasteiger partial charge >= 0.3 is 6.36 Å². The largest absolute Gasteiger partial charge is 0.573 e. The monoisotopic (exact) mass is 432 g/mol. The van der Waals surface area contributed by atoms with Gasteiger partial charge in [0.05, 0.1) is 6.10 Å². The van der Waals surface area contributed by atoms with Crippen molar-refractivity contribution in [2.45, 2.75) is 70.8 Å². The molecule has 1 unspecified atom stereocenters. The number of alkyl halides is 3. The molecule has 0 saturated carbocycles. The van der Waals surface area contributed by atoms with Crippen molar-refractivity contribution in [3.8, 4) is 5.75 Å². The van der Waals surface area contributed by atoms with Crippen molar-refractivity contribution in [1.82, 2.24) is 10.2 Å². The molecule has 1 fully saturated rings. The first kappa shape index (κ1) is 24.2. The Morgan fingerprint density at radius 2 is 1.93 bits per heavy atom. The number of hydrogen-bond acceptors (Lipinski definition) is 4. The average molecular weight is 433 g/mol. The van der Waals surface area contributed by atoms with E-state index in [0.717, 1.165) is 38.2 Å². The summed E-state index contributed by atoms with van der Waals surface area (Å²) in [6.07, 6.45) is -3.48. The molecule has 1 aromatic rings. The summed E-state index contributed by atoms with van der Waals surface area (Å²) in [5.41, 5.74) is 0.794. The summed E-state index contributed by atoms with van der Waals surface area (Å²) < 4.78 is 48.3. The van der Waals surface area contributed by atoms with E-state index >= 15 is 0 Å². The molecule has 4 nitrogen and oxygen atoms in total. The highest BCUT2D eigenvalue weighted by Crippen LogP contribution is 2.38. The van der Waals surface area contributed by atoms with E-state index in [-0.39, 0.29) is 22.9 Å². The number of likely N-dealkylation sites (N-methyl/N-ethyl adjacent to an activating group) is 1. The molecule has 166 valence electrons. The third-order valence-corrected chi connectivity index (χ3v) is 10.4. The lowest BCUT2D eigenvalue weighted by Gasteiger charge is -2.38. The number of rotatable bonds is 8. The first-order chi connectivity index (χ1) is 13.3. The molecule has 0 radical (unpaired) electrons. The SMILES string of the molecule is CCN[C@H](CN1CCC(O[Si](C)(C)C(C)(C)C)C1)c1cccc(OC(F)(F)F)c1. The van der Waals surface area contributed by atoms with Crippen LogP contribution in [0.15, 0.2) is 24.3 Å². The van der Waals surface area contributed by atoms with Crippen molar-refractivity contribution < 1.29 is 22.3 Å². The lowest BCUT2D eigenvalue weighted by atomic mass is 10.1. The van der Waals surface area contributed by atoms with Gasteiger partial charge in [-0.2, -0.15) is 0 Å². The second kappa shape index (κ2) is 9.37. The molecule has 0 bridgehead atoms. The number of nitrogens with zero attached hydrogens (tertiary/aromatic N) is 1. The van der Waals surface area contributed by atoms with Gasteiger partial charge in [-0.15, -0.1) is 13.2 Å². The fraction of sp³-hybridized carbons (Fsp3) is 0.714. The van der Waals surface area contributed by atoms with Gasteiger partial charge in [0.1, 0.15) is 5.75 Å². The first-order valence-corrected chi connectivity index (χ1v) is 13.2. The van der Waals surface area contributed by atoms with Gasteiger partial charge < -0.3 is 14.5 Å². The van der Waals surface area contributed by atoms with Crippen LogP contribution in [0.1, 0.15) is 45.7 Å². The van der Waals surface area contributed by atoms with Crippen LogP contribution in [0, 0.1) is 0 Å². The molecule has 0 spiro atoms. The zero-order chi connectivity index (χ0) is 21.9. The molecule has 0 amide bonds. The summed E-state index contributed by atoms with van der Waals surface area (Å²) in [5.74, 6) is -0.182. The summed E-state index contributed by atoms with van der Waals surface area (Å²) in [6.45, 7) is 16.5. The van der Waals surface area contributed by atoms with Gasteiger partial charge in [-0.3, -0.25) is 4.90 Å². The summed E-state index contributed by atoms with van der Waals surface area (Å²) in [4.78, 5) is 2.34. The highest BCUT2D eigenvalue weighted by molar-refractivity contribution is 6.74. The fourth-order valence-corrected chi connectivity index (χ4v) is 4.75. The Bertz CT molecular complexity index is 662. The molecule has 29 heavy (non-hydrogen) atoms. The normalized spacial score (nSPS) is 20.1. The molecule has 1 N–H and O–H groups in total. The Morgan fingerprint density at radius 1 is 1.24 bits per heavy atom.